The summed E-state index contributed by atoms with van der Waals surface area (Å²) in [4.78, 5) is 4.55. The van der Waals surface area contributed by atoms with Gasteiger partial charge in [-0.15, -0.1) is 22.7 Å². The second-order valence-corrected chi connectivity index (χ2v) is 20.6. The second-order valence-electron chi connectivity index (χ2n) is 18.5. The molecule has 0 bridgehead atoms. The van der Waals surface area contributed by atoms with Crippen molar-refractivity contribution in [1.29, 1.82) is 5.26 Å². The van der Waals surface area contributed by atoms with E-state index < -0.39 is 18.1 Å². The van der Waals surface area contributed by atoms with Crippen molar-refractivity contribution < 1.29 is 6.85 Å². The minimum absolute atomic E-state index is 0.0729. The lowest BCUT2D eigenvalue weighted by molar-refractivity contribution is 1.14. The fourth-order valence-electron chi connectivity index (χ4n) is 11.6. The number of benzene rings is 11. The van der Waals surface area contributed by atoms with Crippen LogP contribution in [0.15, 0.2) is 230 Å². The lowest BCUT2D eigenvalue weighted by Crippen LogP contribution is -2.09. The quantitative estimate of drug-likeness (QED) is 0.153. The number of hydrogen-bond acceptors (Lipinski definition) is 3. The van der Waals surface area contributed by atoms with Crippen LogP contribution in [0.4, 0.5) is 5.69 Å². The third-order valence-corrected chi connectivity index (χ3v) is 17.0. The van der Waals surface area contributed by atoms with Crippen LogP contribution in [0.3, 0.4) is 0 Å². The first kappa shape index (κ1) is 37.3. The van der Waals surface area contributed by atoms with Crippen LogP contribution < -0.4 is 0 Å². The number of nitriles is 1. The Kier molecular flexibility index (Phi) is 8.31. The maximum Gasteiger partial charge on any atom is 0.220 e. The van der Waals surface area contributed by atoms with Gasteiger partial charge in [0.05, 0.1) is 61.8 Å². The van der Waals surface area contributed by atoms with Crippen LogP contribution in [-0.2, 0) is 0 Å². The first-order valence-corrected chi connectivity index (χ1v) is 25.9. The smallest absolute Gasteiger partial charge is 0.220 e. The summed E-state index contributed by atoms with van der Waals surface area (Å²) in [6, 6.07) is 68.9. The molecule has 15 aromatic rings. The fraction of sp³-hybridized carbons (Fsp3) is 0. The molecule has 0 spiro atoms. The van der Waals surface area contributed by atoms with Crippen molar-refractivity contribution in [3.05, 3.63) is 247 Å². The molecule has 0 unspecified atom stereocenters. The highest BCUT2D eigenvalue weighted by atomic mass is 32.1. The van der Waals surface area contributed by atoms with Crippen LogP contribution in [0, 0.1) is 17.9 Å². The summed E-state index contributed by atoms with van der Waals surface area (Å²) in [6.45, 7) is 9.47. The Morgan fingerprint density at radius 2 is 1.01 bits per heavy atom. The van der Waals surface area contributed by atoms with E-state index in [1.54, 1.807) is 22.7 Å². The number of fused-ring (bicyclic) bond motifs is 14. The molecule has 0 radical (unpaired) electrons. The first-order chi connectivity index (χ1) is 38.7. The van der Waals surface area contributed by atoms with E-state index in [-0.39, 0.29) is 23.3 Å². The summed E-state index contributed by atoms with van der Waals surface area (Å²) in [5.74, 6) is 0. The number of nitrogens with zero attached hydrogens (tertiary/aromatic N) is 4. The normalized spacial score (nSPS) is 12.7. The van der Waals surface area contributed by atoms with Crippen LogP contribution in [0.25, 0.3) is 145 Å². The van der Waals surface area contributed by atoms with Crippen LogP contribution in [0.1, 0.15) is 12.4 Å². The molecule has 4 heterocycles. The summed E-state index contributed by atoms with van der Waals surface area (Å²) in [5.41, 5.74) is 10.3. The standard InChI is InChI=1S/C68H38N4S2/c1-70-62-59(43-24-10-4-11-25-43)54(40-69)63(60(44-26-12-5-13-27-44)66(62)71-55-31-17-14-28-46(55)47-35-34-45(38-56(47)71)41-20-6-2-7-21-41)72-64-49(36-37-50-48-29-15-18-32-57(48)73-67(50)64)53-39-52(42-22-8-3-9-23-42)61-51-30-16-19-33-58(51)74-68(61)65(53)72/h2-39H/i2D,6D,7D,20D,21D. The molecule has 74 heavy (non-hydrogen) atoms. The molecule has 6 heteroatoms. The van der Waals surface area contributed by atoms with Gasteiger partial charge in [0.25, 0.3) is 0 Å². The van der Waals surface area contributed by atoms with Gasteiger partial charge in [0.15, 0.2) is 0 Å². The molecule has 0 atom stereocenters. The summed E-state index contributed by atoms with van der Waals surface area (Å²) in [7, 11) is 0. The van der Waals surface area contributed by atoms with E-state index in [1.807, 2.05) is 91.0 Å². The Labute approximate surface area is 440 Å². The Morgan fingerprint density at radius 1 is 0.446 bits per heavy atom. The Morgan fingerprint density at radius 3 is 1.73 bits per heavy atom. The summed E-state index contributed by atoms with van der Waals surface area (Å²) >= 11 is 3.48. The molecule has 0 aliphatic heterocycles. The molecule has 4 nitrogen and oxygen atoms in total. The average Bonchev–Trinajstić information content (AvgIpc) is 3.04. The van der Waals surface area contributed by atoms with Crippen molar-refractivity contribution in [2.75, 3.05) is 0 Å². The maximum atomic E-state index is 12.3. The van der Waals surface area contributed by atoms with E-state index >= 15 is 0 Å². The molecule has 0 aliphatic carbocycles. The predicted molar refractivity (Wildman–Crippen MR) is 314 cm³/mol. The lowest BCUT2D eigenvalue weighted by atomic mass is 9.88. The second kappa shape index (κ2) is 16.5. The van der Waals surface area contributed by atoms with Crippen molar-refractivity contribution >= 4 is 112 Å². The molecule has 342 valence electrons. The third kappa shape index (κ3) is 6.05. The molecule has 0 N–H and O–H groups in total. The molecule has 0 fully saturated rings. The van der Waals surface area contributed by atoms with Gasteiger partial charge in [0.1, 0.15) is 6.07 Å². The van der Waals surface area contributed by atoms with Gasteiger partial charge in [-0.05, 0) is 63.7 Å². The number of rotatable bonds is 6. The number of para-hydroxylation sites is 1. The lowest BCUT2D eigenvalue weighted by Gasteiger charge is -2.26. The van der Waals surface area contributed by atoms with Crippen LogP contribution >= 0.6 is 22.7 Å². The zero-order chi connectivity index (χ0) is 53.4. The third-order valence-electron chi connectivity index (χ3n) is 14.6. The predicted octanol–water partition coefficient (Wildman–Crippen LogP) is 19.7. The largest absolute Gasteiger partial charge is 0.318 e. The van der Waals surface area contributed by atoms with E-state index in [9.17, 15) is 11.8 Å². The van der Waals surface area contributed by atoms with Crippen LogP contribution in [0.5, 0.6) is 0 Å². The maximum absolute atomic E-state index is 12.3. The molecule has 0 saturated heterocycles. The molecule has 0 aliphatic rings. The van der Waals surface area contributed by atoms with Gasteiger partial charge in [-0.25, -0.2) is 4.85 Å². The van der Waals surface area contributed by atoms with Gasteiger partial charge >= 0.3 is 0 Å². The molecule has 15 rings (SSSR count). The molecule has 11 aromatic carbocycles. The highest BCUT2D eigenvalue weighted by Crippen LogP contribution is 2.55. The van der Waals surface area contributed by atoms with Crippen molar-refractivity contribution in [2.24, 2.45) is 0 Å². The molecular formula is C68H38N4S2. The van der Waals surface area contributed by atoms with E-state index in [1.165, 1.54) is 0 Å². The minimum Gasteiger partial charge on any atom is -0.318 e. The number of aromatic nitrogens is 2. The van der Waals surface area contributed by atoms with Gasteiger partial charge < -0.3 is 9.13 Å². The van der Waals surface area contributed by atoms with Gasteiger partial charge in [0.2, 0.25) is 5.69 Å². The zero-order valence-electron chi connectivity index (χ0n) is 44.2. The first-order valence-electron chi connectivity index (χ1n) is 26.8. The zero-order valence-corrected chi connectivity index (χ0v) is 40.8. The van der Waals surface area contributed by atoms with Crippen molar-refractivity contribution in [3.63, 3.8) is 0 Å². The van der Waals surface area contributed by atoms with Crippen molar-refractivity contribution in [2.45, 2.75) is 0 Å². The van der Waals surface area contributed by atoms with Crippen molar-refractivity contribution in [1.82, 2.24) is 9.13 Å². The van der Waals surface area contributed by atoms with Crippen molar-refractivity contribution in [3.8, 4) is 62.0 Å². The van der Waals surface area contributed by atoms with E-state index in [0.29, 0.717) is 44.7 Å². The molecule has 0 amide bonds. The van der Waals surface area contributed by atoms with Gasteiger partial charge in [-0.1, -0.05) is 200 Å². The van der Waals surface area contributed by atoms with E-state index in [2.05, 4.69) is 129 Å². The summed E-state index contributed by atoms with van der Waals surface area (Å²) in [6.07, 6.45) is 0. The Balaban J connectivity index is 1.23. The topological polar surface area (TPSA) is 38.0 Å². The average molecular weight is 980 g/mol. The van der Waals surface area contributed by atoms with Crippen LogP contribution in [0.2, 0.25) is 0 Å². The van der Waals surface area contributed by atoms with Gasteiger partial charge in [-0.2, -0.15) is 5.26 Å². The summed E-state index contributed by atoms with van der Waals surface area (Å²) in [5, 5.41) is 20.6. The minimum atomic E-state index is -0.469. The van der Waals surface area contributed by atoms with Gasteiger partial charge in [-0.3, -0.25) is 0 Å². The molecule has 0 saturated carbocycles. The van der Waals surface area contributed by atoms with E-state index in [4.69, 9.17) is 6.85 Å². The number of hydrogen-bond donors (Lipinski definition) is 0. The Hall–Kier alpha value is -9.56. The van der Waals surface area contributed by atoms with E-state index in [0.717, 1.165) is 95.1 Å². The fourth-order valence-corrected chi connectivity index (χ4v) is 14.1. The number of thiophene rings is 2. The van der Waals surface area contributed by atoms with Crippen LogP contribution in [-0.4, -0.2) is 9.13 Å². The summed E-state index contributed by atoms with van der Waals surface area (Å²) < 4.78 is 52.9. The molecular weight excluding hydrogens is 937 g/mol. The monoisotopic (exact) mass is 979 g/mol. The highest BCUT2D eigenvalue weighted by Gasteiger charge is 2.33. The Bertz CT molecular complexity index is 5190. The molecule has 4 aromatic heterocycles. The van der Waals surface area contributed by atoms with Gasteiger partial charge in [0, 0.05) is 63.6 Å². The highest BCUT2D eigenvalue weighted by molar-refractivity contribution is 7.27. The SMILES string of the molecule is [2H]c1c([2H])c([2H])c(-c2ccc3c4ccccc4n(-c4c([N+]#[C-])c(-c5ccccc5)c(C#N)c(-n5c6c(ccc7c8ccccc8sc76)c6cc(-c7ccccc7)c7c8ccccc8sc7c65)c4-c4ccccc4)c3c2)c([2H])c1[2H].